The van der Waals surface area contributed by atoms with Crippen LogP contribution in [0.15, 0.2) is 18.2 Å². The molecule has 0 aliphatic carbocycles. The molecule has 0 radical (unpaired) electrons. The molecule has 0 bridgehead atoms. The Morgan fingerprint density at radius 1 is 1.35 bits per heavy atom. The number of aromatic nitrogens is 2. The standard InChI is InChI=1S/C13H16N6O/c14-8-1-2-10-11(5-8)17-12(16-10)18-3-4-19-9(7-18)6-15-13(19)20/h1-2,5,9H,3-4,6-7,14H2,(H,15,20)(H,16,17). The second kappa shape index (κ2) is 4.03. The predicted molar refractivity (Wildman–Crippen MR) is 76.6 cm³/mol. The van der Waals surface area contributed by atoms with E-state index >= 15 is 0 Å². The fourth-order valence-corrected chi connectivity index (χ4v) is 2.96. The summed E-state index contributed by atoms with van der Waals surface area (Å²) < 4.78 is 0. The van der Waals surface area contributed by atoms with E-state index in [1.807, 2.05) is 23.1 Å². The molecule has 2 fully saturated rings. The molecule has 20 heavy (non-hydrogen) atoms. The zero-order valence-electron chi connectivity index (χ0n) is 11.0. The molecule has 1 aromatic heterocycles. The number of nitrogens with one attached hydrogen (secondary N) is 2. The number of rotatable bonds is 1. The third kappa shape index (κ3) is 1.66. The van der Waals surface area contributed by atoms with E-state index in [0.717, 1.165) is 42.3 Å². The summed E-state index contributed by atoms with van der Waals surface area (Å²) in [5, 5.41) is 2.88. The Kier molecular flexibility index (Phi) is 2.29. The van der Waals surface area contributed by atoms with Crippen molar-refractivity contribution in [3.8, 4) is 0 Å². The largest absolute Gasteiger partial charge is 0.399 e. The van der Waals surface area contributed by atoms with Crippen LogP contribution in [-0.4, -0.2) is 53.1 Å². The minimum absolute atomic E-state index is 0.0482. The predicted octanol–water partition coefficient (Wildman–Crippen LogP) is 0.359. The van der Waals surface area contributed by atoms with Crippen LogP contribution < -0.4 is 16.0 Å². The van der Waals surface area contributed by atoms with Gasteiger partial charge in [-0.3, -0.25) is 0 Å². The van der Waals surface area contributed by atoms with E-state index in [-0.39, 0.29) is 12.1 Å². The summed E-state index contributed by atoms with van der Waals surface area (Å²) in [5.41, 5.74) is 8.37. The number of piperazine rings is 1. The first-order valence-electron chi connectivity index (χ1n) is 6.75. The summed E-state index contributed by atoms with van der Waals surface area (Å²) in [7, 11) is 0. The van der Waals surface area contributed by atoms with Crippen LogP contribution in [0.2, 0.25) is 0 Å². The van der Waals surface area contributed by atoms with Gasteiger partial charge in [-0.05, 0) is 18.2 Å². The van der Waals surface area contributed by atoms with Crippen LogP contribution >= 0.6 is 0 Å². The Labute approximate surface area is 115 Å². The van der Waals surface area contributed by atoms with Crippen LogP contribution in [0.25, 0.3) is 11.0 Å². The third-order valence-electron chi connectivity index (χ3n) is 4.03. The maximum atomic E-state index is 11.6. The van der Waals surface area contributed by atoms with Crippen molar-refractivity contribution in [2.24, 2.45) is 0 Å². The van der Waals surface area contributed by atoms with Gasteiger partial charge >= 0.3 is 6.03 Å². The Morgan fingerprint density at radius 3 is 3.15 bits per heavy atom. The van der Waals surface area contributed by atoms with E-state index < -0.39 is 0 Å². The van der Waals surface area contributed by atoms with E-state index in [0.29, 0.717) is 6.54 Å². The number of anilines is 2. The van der Waals surface area contributed by atoms with Gasteiger partial charge in [-0.25, -0.2) is 9.78 Å². The monoisotopic (exact) mass is 272 g/mol. The first-order chi connectivity index (χ1) is 9.70. The number of fused-ring (bicyclic) bond motifs is 2. The Balaban J connectivity index is 1.62. The van der Waals surface area contributed by atoms with Gasteiger partial charge in [0.2, 0.25) is 5.95 Å². The van der Waals surface area contributed by atoms with Gasteiger partial charge in [-0.1, -0.05) is 0 Å². The number of nitrogens with zero attached hydrogens (tertiary/aromatic N) is 3. The number of imidazole rings is 1. The van der Waals surface area contributed by atoms with Crippen molar-refractivity contribution in [2.45, 2.75) is 6.04 Å². The van der Waals surface area contributed by atoms with Crippen molar-refractivity contribution in [3.63, 3.8) is 0 Å². The number of benzene rings is 1. The molecule has 0 saturated carbocycles. The normalized spacial score (nSPS) is 22.2. The number of nitrogen functional groups attached to an aromatic ring is 1. The van der Waals surface area contributed by atoms with Gasteiger partial charge in [0, 0.05) is 31.9 Å². The number of nitrogens with two attached hydrogens (primary N) is 1. The molecule has 0 spiro atoms. The number of H-pyrrole nitrogens is 1. The number of amides is 2. The highest BCUT2D eigenvalue weighted by atomic mass is 16.2. The molecule has 1 atom stereocenters. The lowest BCUT2D eigenvalue weighted by Crippen LogP contribution is -2.52. The molecule has 4 N–H and O–H groups in total. The van der Waals surface area contributed by atoms with Crippen LogP contribution in [0.1, 0.15) is 0 Å². The van der Waals surface area contributed by atoms with Crippen molar-refractivity contribution < 1.29 is 4.79 Å². The van der Waals surface area contributed by atoms with E-state index in [4.69, 9.17) is 5.73 Å². The highest BCUT2D eigenvalue weighted by Gasteiger charge is 2.36. The molecule has 4 rings (SSSR count). The highest BCUT2D eigenvalue weighted by molar-refractivity contribution is 5.81. The van der Waals surface area contributed by atoms with Gasteiger partial charge in [-0.15, -0.1) is 0 Å². The van der Waals surface area contributed by atoms with Crippen molar-refractivity contribution >= 4 is 28.7 Å². The van der Waals surface area contributed by atoms with Crippen molar-refractivity contribution in [3.05, 3.63) is 18.2 Å². The van der Waals surface area contributed by atoms with Gasteiger partial charge in [0.15, 0.2) is 0 Å². The summed E-state index contributed by atoms with van der Waals surface area (Å²) in [4.78, 5) is 23.6. The molecule has 2 aromatic rings. The fraction of sp³-hybridized carbons (Fsp3) is 0.385. The van der Waals surface area contributed by atoms with E-state index in [1.54, 1.807) is 0 Å². The van der Waals surface area contributed by atoms with Crippen molar-refractivity contribution in [1.29, 1.82) is 0 Å². The van der Waals surface area contributed by atoms with Crippen LogP contribution in [0, 0.1) is 0 Å². The average Bonchev–Trinajstić information content (AvgIpc) is 3.02. The lowest BCUT2D eigenvalue weighted by atomic mass is 10.2. The minimum Gasteiger partial charge on any atom is -0.399 e. The first-order valence-corrected chi connectivity index (χ1v) is 6.75. The molecular weight excluding hydrogens is 256 g/mol. The van der Waals surface area contributed by atoms with Gasteiger partial charge in [0.25, 0.3) is 0 Å². The Bertz CT molecular complexity index is 681. The van der Waals surface area contributed by atoms with Crippen LogP contribution in [-0.2, 0) is 0 Å². The molecule has 3 heterocycles. The smallest absolute Gasteiger partial charge is 0.317 e. The molecule has 2 aliphatic heterocycles. The zero-order valence-corrected chi connectivity index (χ0v) is 11.0. The summed E-state index contributed by atoms with van der Waals surface area (Å²) in [6, 6.07) is 5.94. The van der Waals surface area contributed by atoms with E-state index in [2.05, 4.69) is 20.2 Å². The SMILES string of the molecule is Nc1ccc2nc(N3CCN4C(=O)NCC4C3)[nH]c2c1. The fourth-order valence-electron chi connectivity index (χ4n) is 2.96. The number of hydrogen-bond donors (Lipinski definition) is 3. The Morgan fingerprint density at radius 2 is 2.25 bits per heavy atom. The molecule has 7 heteroatoms. The maximum absolute atomic E-state index is 11.6. The number of carbonyl (C=O) groups excluding carboxylic acids is 1. The summed E-state index contributed by atoms with van der Waals surface area (Å²) in [6.45, 7) is 3.03. The zero-order chi connectivity index (χ0) is 13.7. The summed E-state index contributed by atoms with van der Waals surface area (Å²) >= 11 is 0. The Hall–Kier alpha value is -2.44. The van der Waals surface area contributed by atoms with Crippen molar-refractivity contribution in [1.82, 2.24) is 20.2 Å². The van der Waals surface area contributed by atoms with Crippen molar-refractivity contribution in [2.75, 3.05) is 36.8 Å². The molecule has 2 amide bonds. The summed E-state index contributed by atoms with van der Waals surface area (Å²) in [5.74, 6) is 0.851. The number of aromatic amines is 1. The molecule has 2 aliphatic rings. The van der Waals surface area contributed by atoms with Gasteiger partial charge in [0.1, 0.15) is 0 Å². The van der Waals surface area contributed by atoms with Crippen LogP contribution in [0.3, 0.4) is 0 Å². The number of hydrogen-bond acceptors (Lipinski definition) is 4. The molecule has 1 aromatic carbocycles. The maximum Gasteiger partial charge on any atom is 0.317 e. The summed E-state index contributed by atoms with van der Waals surface area (Å²) in [6.07, 6.45) is 0. The minimum atomic E-state index is 0.0482. The second-order valence-corrected chi connectivity index (χ2v) is 5.32. The number of carbonyl (C=O) groups is 1. The molecule has 2 saturated heterocycles. The van der Waals surface area contributed by atoms with E-state index in [1.165, 1.54) is 0 Å². The van der Waals surface area contributed by atoms with Crippen LogP contribution in [0.5, 0.6) is 0 Å². The third-order valence-corrected chi connectivity index (χ3v) is 4.03. The van der Waals surface area contributed by atoms with Crippen LogP contribution in [0.4, 0.5) is 16.4 Å². The molecule has 7 nitrogen and oxygen atoms in total. The number of urea groups is 1. The molecular formula is C13H16N6O. The van der Waals surface area contributed by atoms with E-state index in [9.17, 15) is 4.79 Å². The topological polar surface area (TPSA) is 90.3 Å². The van der Waals surface area contributed by atoms with Gasteiger partial charge < -0.3 is 25.8 Å². The van der Waals surface area contributed by atoms with Gasteiger partial charge in [0.05, 0.1) is 17.1 Å². The lowest BCUT2D eigenvalue weighted by Gasteiger charge is -2.36. The molecule has 1 unspecified atom stereocenters. The molecule has 104 valence electrons. The first kappa shape index (κ1) is 11.4. The lowest BCUT2D eigenvalue weighted by molar-refractivity contribution is 0.197. The quantitative estimate of drug-likeness (QED) is 0.654. The second-order valence-electron chi connectivity index (χ2n) is 5.32. The van der Waals surface area contributed by atoms with Gasteiger partial charge in [-0.2, -0.15) is 0 Å². The highest BCUT2D eigenvalue weighted by Crippen LogP contribution is 2.23. The average molecular weight is 272 g/mol.